The minimum atomic E-state index is -0.811. The van der Waals surface area contributed by atoms with Gasteiger partial charge in [0, 0.05) is 18.4 Å². The average Bonchev–Trinajstić information content (AvgIpc) is 2.87. The molecule has 0 aliphatic heterocycles. The van der Waals surface area contributed by atoms with Crippen molar-refractivity contribution in [2.24, 2.45) is 0 Å². The maximum absolute atomic E-state index is 10.4. The summed E-state index contributed by atoms with van der Waals surface area (Å²) in [4.78, 5) is 10.4. The number of hydrogen-bond donors (Lipinski definition) is 1. The molecule has 20 heavy (non-hydrogen) atoms. The van der Waals surface area contributed by atoms with Crippen molar-refractivity contribution in [3.63, 3.8) is 0 Å². The highest BCUT2D eigenvalue weighted by atomic mass is 16.4. The number of carbonyl (C=O) groups is 1. The Morgan fingerprint density at radius 2 is 1.95 bits per heavy atom. The molecule has 1 N–H and O–H groups in total. The van der Waals surface area contributed by atoms with Crippen LogP contribution in [0, 0.1) is 0 Å². The molecule has 0 saturated carbocycles. The van der Waals surface area contributed by atoms with Crippen LogP contribution in [0.25, 0.3) is 11.5 Å². The molecule has 0 amide bonds. The molecule has 2 aromatic rings. The molecule has 0 aliphatic carbocycles. The first kappa shape index (κ1) is 14.2. The van der Waals surface area contributed by atoms with Gasteiger partial charge in [-0.2, -0.15) is 0 Å². The van der Waals surface area contributed by atoms with Crippen molar-refractivity contribution in [1.82, 2.24) is 10.2 Å². The molecule has 0 spiro atoms. The third-order valence-electron chi connectivity index (χ3n) is 3.07. The van der Waals surface area contributed by atoms with Crippen molar-refractivity contribution >= 4 is 5.97 Å². The van der Waals surface area contributed by atoms with Gasteiger partial charge in [-0.1, -0.05) is 26.0 Å². The van der Waals surface area contributed by atoms with Crippen LogP contribution >= 0.6 is 0 Å². The largest absolute Gasteiger partial charge is 0.481 e. The molecule has 0 fully saturated rings. The number of aromatic nitrogens is 2. The summed E-state index contributed by atoms with van der Waals surface area (Å²) in [5, 5.41) is 16.5. The van der Waals surface area contributed by atoms with Crippen LogP contribution in [0.3, 0.4) is 0 Å². The third kappa shape index (κ3) is 3.66. The van der Waals surface area contributed by atoms with Crippen molar-refractivity contribution in [2.75, 3.05) is 0 Å². The van der Waals surface area contributed by atoms with Gasteiger partial charge in [-0.05, 0) is 30.0 Å². The predicted molar refractivity (Wildman–Crippen MR) is 74.4 cm³/mol. The monoisotopic (exact) mass is 274 g/mol. The van der Waals surface area contributed by atoms with E-state index < -0.39 is 5.97 Å². The van der Waals surface area contributed by atoms with Crippen LogP contribution < -0.4 is 0 Å². The molecule has 1 heterocycles. The Hall–Kier alpha value is -2.17. The molecular weight excluding hydrogens is 256 g/mol. The fraction of sp³-hybridized carbons (Fsp3) is 0.400. The second-order valence-electron chi connectivity index (χ2n) is 5.02. The zero-order chi connectivity index (χ0) is 14.5. The van der Waals surface area contributed by atoms with E-state index in [2.05, 4.69) is 24.0 Å². The SMILES string of the molecule is CC(C)c1ccc(-c2nnc(CCCC(=O)O)o2)cc1. The molecule has 0 bridgehead atoms. The molecule has 1 aromatic heterocycles. The zero-order valence-electron chi connectivity index (χ0n) is 11.7. The van der Waals surface area contributed by atoms with E-state index in [0.29, 0.717) is 30.5 Å². The van der Waals surface area contributed by atoms with E-state index in [-0.39, 0.29) is 6.42 Å². The number of carboxylic acids is 1. The number of aryl methyl sites for hydroxylation is 1. The standard InChI is InChI=1S/C15H18N2O3/c1-10(2)11-6-8-12(9-7-11)15-17-16-13(20-15)4-3-5-14(18)19/h6-10H,3-5H2,1-2H3,(H,18,19). The van der Waals surface area contributed by atoms with E-state index in [1.54, 1.807) is 0 Å². The van der Waals surface area contributed by atoms with Crippen molar-refractivity contribution < 1.29 is 14.3 Å². The maximum Gasteiger partial charge on any atom is 0.303 e. The van der Waals surface area contributed by atoms with Crippen LogP contribution in [0.2, 0.25) is 0 Å². The van der Waals surface area contributed by atoms with Gasteiger partial charge in [0.05, 0.1) is 0 Å². The fourth-order valence-corrected chi connectivity index (χ4v) is 1.87. The van der Waals surface area contributed by atoms with Gasteiger partial charge in [0.25, 0.3) is 0 Å². The first-order valence-corrected chi connectivity index (χ1v) is 6.71. The van der Waals surface area contributed by atoms with Gasteiger partial charge in [-0.3, -0.25) is 4.79 Å². The molecule has 0 aliphatic rings. The Morgan fingerprint density at radius 1 is 1.25 bits per heavy atom. The molecule has 0 unspecified atom stereocenters. The number of aliphatic carboxylic acids is 1. The van der Waals surface area contributed by atoms with Gasteiger partial charge in [-0.15, -0.1) is 10.2 Å². The summed E-state index contributed by atoms with van der Waals surface area (Å²) in [6.45, 7) is 4.28. The summed E-state index contributed by atoms with van der Waals surface area (Å²) in [6, 6.07) is 8.02. The van der Waals surface area contributed by atoms with Crippen LogP contribution in [-0.4, -0.2) is 21.3 Å². The summed E-state index contributed by atoms with van der Waals surface area (Å²) < 4.78 is 5.54. The molecule has 106 valence electrons. The number of rotatable bonds is 6. The lowest BCUT2D eigenvalue weighted by molar-refractivity contribution is -0.137. The Morgan fingerprint density at radius 3 is 2.55 bits per heavy atom. The summed E-state index contributed by atoms with van der Waals surface area (Å²) in [7, 11) is 0. The molecule has 1 aromatic carbocycles. The highest BCUT2D eigenvalue weighted by Crippen LogP contribution is 2.22. The molecule has 5 nitrogen and oxygen atoms in total. The van der Waals surface area contributed by atoms with E-state index in [1.807, 2.05) is 24.3 Å². The van der Waals surface area contributed by atoms with Crippen molar-refractivity contribution in [3.05, 3.63) is 35.7 Å². The van der Waals surface area contributed by atoms with Crippen molar-refractivity contribution in [3.8, 4) is 11.5 Å². The molecule has 0 atom stereocenters. The van der Waals surface area contributed by atoms with Crippen LogP contribution in [0.1, 0.15) is 44.1 Å². The van der Waals surface area contributed by atoms with E-state index in [0.717, 1.165) is 5.56 Å². The van der Waals surface area contributed by atoms with Crippen molar-refractivity contribution in [1.29, 1.82) is 0 Å². The van der Waals surface area contributed by atoms with Crippen LogP contribution in [0.15, 0.2) is 28.7 Å². The van der Waals surface area contributed by atoms with Gasteiger partial charge in [0.2, 0.25) is 11.8 Å². The van der Waals surface area contributed by atoms with E-state index in [1.165, 1.54) is 5.56 Å². The summed E-state index contributed by atoms with van der Waals surface area (Å²) in [5.74, 6) is 0.632. The molecule has 2 rings (SSSR count). The lowest BCUT2D eigenvalue weighted by Crippen LogP contribution is -1.95. The molecule has 0 radical (unpaired) electrons. The predicted octanol–water partition coefficient (Wildman–Crippen LogP) is 3.27. The smallest absolute Gasteiger partial charge is 0.303 e. The van der Waals surface area contributed by atoms with Crippen LogP contribution in [-0.2, 0) is 11.2 Å². The quantitative estimate of drug-likeness (QED) is 0.874. The Balaban J connectivity index is 2.02. The second kappa shape index (κ2) is 6.32. The summed E-state index contributed by atoms with van der Waals surface area (Å²) in [6.07, 6.45) is 1.10. The minimum absolute atomic E-state index is 0.112. The van der Waals surface area contributed by atoms with Crippen LogP contribution in [0.4, 0.5) is 0 Å². The topological polar surface area (TPSA) is 76.2 Å². The Kier molecular flexibility index (Phi) is 4.50. The number of benzene rings is 1. The number of nitrogens with zero attached hydrogens (tertiary/aromatic N) is 2. The molecule has 5 heteroatoms. The van der Waals surface area contributed by atoms with Crippen molar-refractivity contribution in [2.45, 2.75) is 39.0 Å². The van der Waals surface area contributed by atoms with Gasteiger partial charge in [0.15, 0.2) is 0 Å². The lowest BCUT2D eigenvalue weighted by Gasteiger charge is -2.04. The molecule has 0 saturated heterocycles. The van der Waals surface area contributed by atoms with Gasteiger partial charge in [-0.25, -0.2) is 0 Å². The molecular formula is C15H18N2O3. The maximum atomic E-state index is 10.4. The third-order valence-corrected chi connectivity index (χ3v) is 3.07. The average molecular weight is 274 g/mol. The number of hydrogen-bond acceptors (Lipinski definition) is 4. The summed E-state index contributed by atoms with van der Waals surface area (Å²) >= 11 is 0. The fourth-order valence-electron chi connectivity index (χ4n) is 1.87. The highest BCUT2D eigenvalue weighted by molar-refractivity contribution is 5.66. The summed E-state index contributed by atoms with van der Waals surface area (Å²) in [5.41, 5.74) is 2.14. The normalized spacial score (nSPS) is 10.9. The zero-order valence-corrected chi connectivity index (χ0v) is 11.7. The van der Waals surface area contributed by atoms with E-state index >= 15 is 0 Å². The highest BCUT2D eigenvalue weighted by Gasteiger charge is 2.09. The second-order valence-corrected chi connectivity index (χ2v) is 5.02. The van der Waals surface area contributed by atoms with Crippen LogP contribution in [0.5, 0.6) is 0 Å². The first-order chi connectivity index (χ1) is 9.56. The number of carboxylic acid groups (broad SMARTS) is 1. The van der Waals surface area contributed by atoms with Gasteiger partial charge >= 0.3 is 5.97 Å². The minimum Gasteiger partial charge on any atom is -0.481 e. The van der Waals surface area contributed by atoms with E-state index in [9.17, 15) is 4.79 Å². The lowest BCUT2D eigenvalue weighted by atomic mass is 10.0. The van der Waals surface area contributed by atoms with Gasteiger partial charge in [0.1, 0.15) is 0 Å². The first-order valence-electron chi connectivity index (χ1n) is 6.71. The Bertz CT molecular complexity index is 573. The van der Waals surface area contributed by atoms with E-state index in [4.69, 9.17) is 9.52 Å². The van der Waals surface area contributed by atoms with Gasteiger partial charge < -0.3 is 9.52 Å². The Labute approximate surface area is 117 Å².